The number of sulfonamides is 1. The maximum absolute atomic E-state index is 12.8. The minimum atomic E-state index is -3.46. The van der Waals surface area contributed by atoms with Gasteiger partial charge >= 0.3 is 0 Å². The zero-order chi connectivity index (χ0) is 19.1. The Labute approximate surface area is 163 Å². The Morgan fingerprint density at radius 3 is 2.11 bits per heavy atom. The molecule has 7 heteroatoms. The standard InChI is InChI=1S/C20H31N3O3S/c24-20(21-12-7-15-22-13-5-6-14-22)18-8-10-19(11-9-18)27(25,26)23-16-3-1-2-4-17-23/h8-11H,1-7,12-17H2,(H,21,24). The van der Waals surface area contributed by atoms with Crippen LogP contribution in [0.25, 0.3) is 0 Å². The molecule has 2 saturated heterocycles. The van der Waals surface area contributed by atoms with E-state index in [2.05, 4.69) is 10.2 Å². The van der Waals surface area contributed by atoms with Crippen LogP contribution in [0.1, 0.15) is 55.3 Å². The molecule has 0 aliphatic carbocycles. The van der Waals surface area contributed by atoms with Gasteiger partial charge < -0.3 is 10.2 Å². The molecule has 0 saturated carbocycles. The molecule has 0 unspecified atom stereocenters. The second kappa shape index (κ2) is 9.66. The first-order valence-corrected chi connectivity index (χ1v) is 11.6. The van der Waals surface area contributed by atoms with E-state index in [-0.39, 0.29) is 10.8 Å². The lowest BCUT2D eigenvalue weighted by molar-refractivity contribution is 0.0952. The quantitative estimate of drug-likeness (QED) is 0.723. The molecule has 0 bridgehead atoms. The highest BCUT2D eigenvalue weighted by Crippen LogP contribution is 2.20. The maximum Gasteiger partial charge on any atom is 0.251 e. The summed E-state index contributed by atoms with van der Waals surface area (Å²) in [7, 11) is -3.46. The topological polar surface area (TPSA) is 69.7 Å². The SMILES string of the molecule is O=C(NCCCN1CCCC1)c1ccc(S(=O)(=O)N2CCCCCC2)cc1. The maximum atomic E-state index is 12.8. The van der Waals surface area contributed by atoms with Crippen LogP contribution in [0.2, 0.25) is 0 Å². The molecule has 2 heterocycles. The van der Waals surface area contributed by atoms with Gasteiger partial charge in [0, 0.05) is 25.2 Å². The number of rotatable bonds is 7. The molecule has 2 aliphatic heterocycles. The molecule has 150 valence electrons. The van der Waals surface area contributed by atoms with Crippen LogP contribution in [-0.4, -0.2) is 62.8 Å². The highest BCUT2D eigenvalue weighted by Gasteiger charge is 2.25. The van der Waals surface area contributed by atoms with Gasteiger partial charge in [0.2, 0.25) is 10.0 Å². The van der Waals surface area contributed by atoms with Gasteiger partial charge in [-0.1, -0.05) is 12.8 Å². The van der Waals surface area contributed by atoms with E-state index in [9.17, 15) is 13.2 Å². The van der Waals surface area contributed by atoms with Crippen molar-refractivity contribution in [3.05, 3.63) is 29.8 Å². The number of nitrogens with zero attached hydrogens (tertiary/aromatic N) is 2. The van der Waals surface area contributed by atoms with Crippen LogP contribution >= 0.6 is 0 Å². The van der Waals surface area contributed by atoms with Crippen LogP contribution in [-0.2, 0) is 10.0 Å². The summed E-state index contributed by atoms with van der Waals surface area (Å²) in [6.07, 6.45) is 7.49. The summed E-state index contributed by atoms with van der Waals surface area (Å²) in [4.78, 5) is 15.0. The first kappa shape index (κ1) is 20.3. The van der Waals surface area contributed by atoms with Crippen LogP contribution in [0.15, 0.2) is 29.2 Å². The number of carbonyl (C=O) groups excluding carboxylic acids is 1. The Bertz CT molecular complexity index is 704. The van der Waals surface area contributed by atoms with Gasteiger partial charge in [-0.2, -0.15) is 4.31 Å². The van der Waals surface area contributed by atoms with Gasteiger partial charge in [0.25, 0.3) is 5.91 Å². The van der Waals surface area contributed by atoms with Crippen molar-refractivity contribution in [2.24, 2.45) is 0 Å². The summed E-state index contributed by atoms with van der Waals surface area (Å²) >= 11 is 0. The van der Waals surface area contributed by atoms with Gasteiger partial charge in [-0.25, -0.2) is 8.42 Å². The zero-order valence-electron chi connectivity index (χ0n) is 16.0. The van der Waals surface area contributed by atoms with E-state index in [1.807, 2.05) is 0 Å². The lowest BCUT2D eigenvalue weighted by Crippen LogP contribution is -2.32. The summed E-state index contributed by atoms with van der Waals surface area (Å²) in [5.41, 5.74) is 0.506. The summed E-state index contributed by atoms with van der Waals surface area (Å²) in [6, 6.07) is 6.33. The Morgan fingerprint density at radius 2 is 1.48 bits per heavy atom. The Morgan fingerprint density at radius 1 is 0.889 bits per heavy atom. The zero-order valence-corrected chi connectivity index (χ0v) is 16.8. The predicted molar refractivity (Wildman–Crippen MR) is 106 cm³/mol. The average Bonchev–Trinajstić information content (AvgIpc) is 3.04. The lowest BCUT2D eigenvalue weighted by atomic mass is 10.2. The summed E-state index contributed by atoms with van der Waals surface area (Å²) < 4.78 is 27.1. The van der Waals surface area contributed by atoms with Crippen molar-refractivity contribution >= 4 is 15.9 Å². The number of likely N-dealkylation sites (tertiary alicyclic amines) is 1. The van der Waals surface area contributed by atoms with Crippen LogP contribution in [0.3, 0.4) is 0 Å². The molecular formula is C20H31N3O3S. The fourth-order valence-electron chi connectivity index (χ4n) is 3.82. The van der Waals surface area contributed by atoms with Crippen LogP contribution in [0.5, 0.6) is 0 Å². The minimum Gasteiger partial charge on any atom is -0.352 e. The van der Waals surface area contributed by atoms with E-state index >= 15 is 0 Å². The molecule has 1 amide bonds. The molecule has 1 N–H and O–H groups in total. The molecule has 2 fully saturated rings. The highest BCUT2D eigenvalue weighted by atomic mass is 32.2. The number of benzene rings is 1. The third-order valence-corrected chi connectivity index (χ3v) is 7.37. The average molecular weight is 394 g/mol. The molecule has 1 aromatic rings. The van der Waals surface area contributed by atoms with E-state index in [1.165, 1.54) is 25.9 Å². The van der Waals surface area contributed by atoms with Crippen molar-refractivity contribution in [2.75, 3.05) is 39.3 Å². The molecular weight excluding hydrogens is 362 g/mol. The lowest BCUT2D eigenvalue weighted by Gasteiger charge is -2.20. The van der Waals surface area contributed by atoms with Crippen LogP contribution < -0.4 is 5.32 Å². The Hall–Kier alpha value is -1.44. The summed E-state index contributed by atoms with van der Waals surface area (Å²) in [6.45, 7) is 5.17. The van der Waals surface area contributed by atoms with E-state index in [1.54, 1.807) is 28.6 Å². The number of amides is 1. The second-order valence-corrected chi connectivity index (χ2v) is 9.44. The number of nitrogens with one attached hydrogen (secondary N) is 1. The highest BCUT2D eigenvalue weighted by molar-refractivity contribution is 7.89. The third-order valence-electron chi connectivity index (χ3n) is 5.45. The van der Waals surface area contributed by atoms with Crippen molar-refractivity contribution in [2.45, 2.75) is 49.8 Å². The molecule has 2 aliphatic rings. The molecule has 0 aromatic heterocycles. The molecule has 0 radical (unpaired) electrons. The second-order valence-electron chi connectivity index (χ2n) is 7.50. The van der Waals surface area contributed by atoms with Gasteiger partial charge in [0.05, 0.1) is 4.90 Å². The van der Waals surface area contributed by atoms with Crippen LogP contribution in [0.4, 0.5) is 0 Å². The van der Waals surface area contributed by atoms with E-state index < -0.39 is 10.0 Å². The van der Waals surface area contributed by atoms with Crippen molar-refractivity contribution in [1.29, 1.82) is 0 Å². The monoisotopic (exact) mass is 393 g/mol. The molecule has 27 heavy (non-hydrogen) atoms. The van der Waals surface area contributed by atoms with Crippen LogP contribution in [0, 0.1) is 0 Å². The Kier molecular flexibility index (Phi) is 7.26. The Balaban J connectivity index is 1.51. The van der Waals surface area contributed by atoms with E-state index in [4.69, 9.17) is 0 Å². The predicted octanol–water partition coefficient (Wildman–Crippen LogP) is 2.47. The largest absolute Gasteiger partial charge is 0.352 e. The first-order valence-electron chi connectivity index (χ1n) is 10.2. The van der Waals surface area contributed by atoms with Crippen molar-refractivity contribution < 1.29 is 13.2 Å². The van der Waals surface area contributed by atoms with Crippen molar-refractivity contribution in [3.63, 3.8) is 0 Å². The van der Waals surface area contributed by atoms with Crippen molar-refractivity contribution in [1.82, 2.24) is 14.5 Å². The summed E-state index contributed by atoms with van der Waals surface area (Å²) in [5, 5.41) is 2.93. The number of hydrogen-bond acceptors (Lipinski definition) is 4. The van der Waals surface area contributed by atoms with Gasteiger partial charge in [-0.15, -0.1) is 0 Å². The fraction of sp³-hybridized carbons (Fsp3) is 0.650. The minimum absolute atomic E-state index is 0.143. The van der Waals surface area contributed by atoms with Crippen molar-refractivity contribution in [3.8, 4) is 0 Å². The first-order chi connectivity index (χ1) is 13.1. The number of carbonyl (C=O) groups is 1. The summed E-state index contributed by atoms with van der Waals surface area (Å²) in [5.74, 6) is -0.143. The molecule has 6 nitrogen and oxygen atoms in total. The van der Waals surface area contributed by atoms with Gasteiger partial charge in [0.15, 0.2) is 0 Å². The number of hydrogen-bond donors (Lipinski definition) is 1. The van der Waals surface area contributed by atoms with E-state index in [0.29, 0.717) is 25.2 Å². The molecule has 0 spiro atoms. The van der Waals surface area contributed by atoms with E-state index in [0.717, 1.165) is 38.6 Å². The smallest absolute Gasteiger partial charge is 0.251 e. The normalized spacial score (nSPS) is 19.7. The van der Waals surface area contributed by atoms with Gasteiger partial charge in [-0.05, 0) is 76.0 Å². The fourth-order valence-corrected chi connectivity index (χ4v) is 5.34. The third kappa shape index (κ3) is 5.53. The molecule has 0 atom stereocenters. The van der Waals surface area contributed by atoms with Gasteiger partial charge in [0.1, 0.15) is 0 Å². The molecule has 3 rings (SSSR count). The van der Waals surface area contributed by atoms with Gasteiger partial charge in [-0.3, -0.25) is 4.79 Å². The molecule has 1 aromatic carbocycles.